The fraction of sp³-hybridized carbons (Fsp3) is 0.833. The Morgan fingerprint density at radius 3 is 2.56 bits per heavy atom. The number of rotatable bonds is 4. The largest absolute Gasteiger partial charge is 0.435 e. The van der Waals surface area contributed by atoms with Crippen LogP contribution in [-0.4, -0.2) is 63.9 Å². The average molecular weight is 405 g/mol. The zero-order valence-corrected chi connectivity index (χ0v) is 16.9. The molecule has 0 N–H and O–H groups in total. The van der Waals surface area contributed by atoms with Gasteiger partial charge in [-0.1, -0.05) is 0 Å². The minimum Gasteiger partial charge on any atom is -0.376 e. The Labute approximate surface area is 162 Å². The summed E-state index contributed by atoms with van der Waals surface area (Å²) >= 11 is 1.38. The number of hydrogen-bond acceptors (Lipinski definition) is 5. The van der Waals surface area contributed by atoms with Crippen LogP contribution in [0.1, 0.15) is 32.4 Å². The topological polar surface area (TPSA) is 33.5 Å². The molecule has 1 spiro atoms. The number of aromatic nitrogens is 2. The first-order valence-electron chi connectivity index (χ1n) is 9.44. The number of halogens is 3. The molecule has 0 aromatic carbocycles. The Hall–Kier alpha value is -0.770. The van der Waals surface area contributed by atoms with Crippen LogP contribution in [-0.2, 0) is 18.0 Å². The van der Waals surface area contributed by atoms with Gasteiger partial charge in [-0.15, -0.1) is 0 Å². The molecule has 5 nitrogen and oxygen atoms in total. The predicted octanol–water partition coefficient (Wildman–Crippen LogP) is 3.27. The van der Waals surface area contributed by atoms with Crippen LogP contribution in [0.25, 0.3) is 0 Å². The Kier molecular flexibility index (Phi) is 4.81. The smallest absolute Gasteiger partial charge is 0.376 e. The van der Waals surface area contributed by atoms with Crippen LogP contribution >= 0.6 is 11.9 Å². The lowest BCUT2D eigenvalue weighted by Gasteiger charge is -2.60. The SMILES string of the molecule is Cn1nc(C(F)(F)F)cc1SN1CC2(CN(CC3CCOC(C)(C)C3)C2)C1. The maximum absolute atomic E-state index is 12.8. The van der Waals surface area contributed by atoms with Gasteiger partial charge in [-0.05, 0) is 44.6 Å². The molecule has 152 valence electrons. The zero-order valence-electron chi connectivity index (χ0n) is 16.1. The molecule has 1 unspecified atom stereocenters. The summed E-state index contributed by atoms with van der Waals surface area (Å²) in [5.74, 6) is 0.701. The van der Waals surface area contributed by atoms with E-state index in [0.717, 1.165) is 58.2 Å². The van der Waals surface area contributed by atoms with Crippen LogP contribution in [0, 0.1) is 11.3 Å². The molecule has 0 aliphatic carbocycles. The van der Waals surface area contributed by atoms with Gasteiger partial charge in [0, 0.05) is 57.9 Å². The molecule has 4 heterocycles. The van der Waals surface area contributed by atoms with Crippen molar-refractivity contribution in [1.82, 2.24) is 19.0 Å². The monoisotopic (exact) mass is 404 g/mol. The lowest BCUT2D eigenvalue weighted by atomic mass is 9.73. The number of alkyl halides is 3. The summed E-state index contributed by atoms with van der Waals surface area (Å²) in [6.07, 6.45) is -2.14. The van der Waals surface area contributed by atoms with Gasteiger partial charge in [0.25, 0.3) is 0 Å². The van der Waals surface area contributed by atoms with Crippen molar-refractivity contribution in [2.45, 2.75) is 43.5 Å². The number of nitrogens with zero attached hydrogens (tertiary/aromatic N) is 4. The normalized spacial score (nSPS) is 28.1. The van der Waals surface area contributed by atoms with E-state index in [0.29, 0.717) is 16.4 Å². The first kappa shape index (κ1) is 19.5. The third kappa shape index (κ3) is 4.16. The van der Waals surface area contributed by atoms with Gasteiger partial charge < -0.3 is 9.64 Å². The third-order valence-electron chi connectivity index (χ3n) is 5.81. The molecule has 0 radical (unpaired) electrons. The van der Waals surface area contributed by atoms with Gasteiger partial charge in [0.05, 0.1) is 5.60 Å². The standard InChI is InChI=1S/C18H27F3N4OS/c1-16(2)7-13(4-5-26-16)8-24-9-17(10-24)11-25(12-17)27-15-6-14(18(19,20)21)22-23(15)3/h6,13H,4-5,7-12H2,1-3H3. The lowest BCUT2D eigenvalue weighted by Crippen LogP contribution is -2.70. The molecule has 1 atom stereocenters. The van der Waals surface area contributed by atoms with Crippen LogP contribution in [0.5, 0.6) is 0 Å². The second-order valence-electron chi connectivity index (χ2n) is 9.02. The molecule has 1 aromatic heterocycles. The van der Waals surface area contributed by atoms with Gasteiger partial charge in [-0.3, -0.25) is 4.68 Å². The zero-order chi connectivity index (χ0) is 19.4. The fourth-order valence-corrected chi connectivity index (χ4v) is 5.95. The van der Waals surface area contributed by atoms with E-state index in [2.05, 4.69) is 28.2 Å². The highest BCUT2D eigenvalue weighted by molar-refractivity contribution is 7.97. The first-order chi connectivity index (χ1) is 12.5. The summed E-state index contributed by atoms with van der Waals surface area (Å²) in [4.78, 5) is 2.53. The van der Waals surface area contributed by atoms with E-state index in [9.17, 15) is 13.2 Å². The summed E-state index contributed by atoms with van der Waals surface area (Å²) in [7, 11) is 1.56. The van der Waals surface area contributed by atoms with Gasteiger partial charge in [-0.25, -0.2) is 4.31 Å². The Bertz CT molecular complexity index is 691. The molecular weight excluding hydrogens is 377 g/mol. The molecular formula is C18H27F3N4OS. The predicted molar refractivity (Wildman–Crippen MR) is 97.3 cm³/mol. The number of ether oxygens (including phenoxy) is 1. The van der Waals surface area contributed by atoms with Gasteiger partial charge >= 0.3 is 6.18 Å². The quantitative estimate of drug-likeness (QED) is 0.720. The molecule has 3 saturated heterocycles. The molecule has 9 heteroatoms. The second-order valence-corrected chi connectivity index (χ2v) is 10.1. The van der Waals surface area contributed by atoms with E-state index >= 15 is 0 Å². The molecule has 1 aromatic rings. The van der Waals surface area contributed by atoms with Gasteiger partial charge in [0.1, 0.15) is 5.03 Å². The average Bonchev–Trinajstić information content (AvgIpc) is 2.83. The van der Waals surface area contributed by atoms with Crippen LogP contribution in [0.15, 0.2) is 11.1 Å². The molecule has 0 amide bonds. The Morgan fingerprint density at radius 2 is 1.96 bits per heavy atom. The molecule has 27 heavy (non-hydrogen) atoms. The first-order valence-corrected chi connectivity index (χ1v) is 10.2. The number of hydrogen-bond donors (Lipinski definition) is 0. The van der Waals surface area contributed by atoms with Crippen molar-refractivity contribution >= 4 is 11.9 Å². The van der Waals surface area contributed by atoms with Crippen molar-refractivity contribution in [3.8, 4) is 0 Å². The lowest BCUT2D eigenvalue weighted by molar-refractivity contribution is -0.141. The summed E-state index contributed by atoms with van der Waals surface area (Å²) < 4.78 is 47.6. The summed E-state index contributed by atoms with van der Waals surface area (Å²) in [5, 5.41) is 4.12. The molecule has 3 aliphatic rings. The van der Waals surface area contributed by atoms with E-state index in [4.69, 9.17) is 4.74 Å². The molecule has 0 bridgehead atoms. The highest BCUT2D eigenvalue weighted by Crippen LogP contribution is 2.45. The maximum Gasteiger partial charge on any atom is 0.435 e. The van der Waals surface area contributed by atoms with E-state index in [-0.39, 0.29) is 5.60 Å². The number of aryl methyl sites for hydroxylation is 1. The third-order valence-corrected chi connectivity index (χ3v) is 6.89. The van der Waals surface area contributed by atoms with Crippen molar-refractivity contribution in [3.05, 3.63) is 11.8 Å². The minimum atomic E-state index is -4.39. The summed E-state index contributed by atoms with van der Waals surface area (Å²) in [6, 6.07) is 1.13. The minimum absolute atomic E-state index is 0.00620. The van der Waals surface area contributed by atoms with Crippen molar-refractivity contribution < 1.29 is 17.9 Å². The van der Waals surface area contributed by atoms with Crippen molar-refractivity contribution in [3.63, 3.8) is 0 Å². The van der Waals surface area contributed by atoms with Crippen LogP contribution in [0.4, 0.5) is 13.2 Å². The van der Waals surface area contributed by atoms with Crippen LogP contribution in [0.2, 0.25) is 0 Å². The van der Waals surface area contributed by atoms with Crippen LogP contribution in [0.3, 0.4) is 0 Å². The maximum atomic E-state index is 12.8. The van der Waals surface area contributed by atoms with E-state index in [1.165, 1.54) is 16.6 Å². The van der Waals surface area contributed by atoms with Gasteiger partial charge in [-0.2, -0.15) is 18.3 Å². The molecule has 4 rings (SSSR count). The van der Waals surface area contributed by atoms with Crippen LogP contribution < -0.4 is 0 Å². The second kappa shape index (κ2) is 6.64. The van der Waals surface area contributed by atoms with E-state index in [1.807, 2.05) is 0 Å². The highest BCUT2D eigenvalue weighted by atomic mass is 32.2. The highest BCUT2D eigenvalue weighted by Gasteiger charge is 2.52. The number of likely N-dealkylation sites (tertiary alicyclic amines) is 1. The Morgan fingerprint density at radius 1 is 1.26 bits per heavy atom. The van der Waals surface area contributed by atoms with E-state index in [1.54, 1.807) is 7.05 Å². The summed E-state index contributed by atoms with van der Waals surface area (Å²) in [6.45, 7) is 10.4. The van der Waals surface area contributed by atoms with Crippen molar-refractivity contribution in [2.24, 2.45) is 18.4 Å². The van der Waals surface area contributed by atoms with Gasteiger partial charge in [0.15, 0.2) is 5.69 Å². The van der Waals surface area contributed by atoms with Crippen molar-refractivity contribution in [1.29, 1.82) is 0 Å². The molecule has 3 aliphatic heterocycles. The van der Waals surface area contributed by atoms with E-state index < -0.39 is 11.9 Å². The van der Waals surface area contributed by atoms with Crippen molar-refractivity contribution in [2.75, 3.05) is 39.3 Å². The Balaban J connectivity index is 1.23. The fourth-order valence-electron chi connectivity index (χ4n) is 4.68. The summed E-state index contributed by atoms with van der Waals surface area (Å²) in [5.41, 5.74) is -0.496. The van der Waals surface area contributed by atoms with Gasteiger partial charge in [0.2, 0.25) is 0 Å². The molecule has 0 saturated carbocycles. The molecule has 3 fully saturated rings.